The van der Waals surface area contributed by atoms with E-state index in [0.717, 1.165) is 11.4 Å². The molecule has 3 rings (SSSR count). The highest BCUT2D eigenvalue weighted by molar-refractivity contribution is 5.98. The molecule has 2 N–H and O–H groups in total. The van der Waals surface area contributed by atoms with E-state index < -0.39 is 23.3 Å². The molecule has 0 aliphatic heterocycles. The number of carbonyl (C=O) groups is 2. The van der Waals surface area contributed by atoms with Gasteiger partial charge in [-0.3, -0.25) is 9.59 Å². The molecule has 2 aromatic carbocycles. The SMILES string of the molecule is CCOc1ccc(NC2=C(C(C)=O)[C@H](c3ccc(F)cc3)[C@@H](C(C)=O)[C@@](C)(O)C2)cc1. The molecule has 0 spiro atoms. The third-order valence-electron chi connectivity index (χ3n) is 5.68. The summed E-state index contributed by atoms with van der Waals surface area (Å²) in [6, 6.07) is 13.0. The quantitative estimate of drug-likeness (QED) is 0.677. The molecule has 0 fully saturated rings. The molecule has 0 bridgehead atoms. The number of carbonyl (C=O) groups excluding carboxylic acids is 2. The Bertz CT molecular complexity index is 993. The summed E-state index contributed by atoms with van der Waals surface area (Å²) in [5, 5.41) is 14.5. The number of aliphatic hydroxyl groups is 1. The zero-order valence-corrected chi connectivity index (χ0v) is 18.2. The van der Waals surface area contributed by atoms with Gasteiger partial charge in [-0.15, -0.1) is 0 Å². The van der Waals surface area contributed by atoms with Crippen LogP contribution >= 0.6 is 0 Å². The second-order valence-electron chi connectivity index (χ2n) is 8.18. The predicted octanol–water partition coefficient (Wildman–Crippen LogP) is 4.62. The van der Waals surface area contributed by atoms with Gasteiger partial charge in [-0.05, 0) is 69.7 Å². The lowest BCUT2D eigenvalue weighted by Crippen LogP contribution is -2.48. The van der Waals surface area contributed by atoms with Gasteiger partial charge in [-0.25, -0.2) is 4.39 Å². The third-order valence-corrected chi connectivity index (χ3v) is 5.68. The minimum absolute atomic E-state index is 0.108. The summed E-state index contributed by atoms with van der Waals surface area (Å²) in [7, 11) is 0. The number of nitrogens with one attached hydrogen (secondary N) is 1. The Morgan fingerprint density at radius 1 is 1.13 bits per heavy atom. The van der Waals surface area contributed by atoms with Crippen molar-refractivity contribution in [2.45, 2.75) is 45.6 Å². The number of hydrogen-bond donors (Lipinski definition) is 2. The Hall–Kier alpha value is -2.99. The molecule has 1 aliphatic rings. The molecule has 0 heterocycles. The third kappa shape index (κ3) is 4.85. The number of benzene rings is 2. The first-order chi connectivity index (χ1) is 14.6. The standard InChI is InChI=1S/C25H28FNO4/c1-5-31-20-12-10-19(11-13-20)27-21-14-25(4,30)24(16(3)29)23(22(21)15(2)28)17-6-8-18(26)9-7-17/h6-13,23-24,27,30H,5,14H2,1-4H3/t23-,24+,25-/m0/s1. The average molecular weight is 426 g/mol. The summed E-state index contributed by atoms with van der Waals surface area (Å²) in [6.07, 6.45) is 0.108. The van der Waals surface area contributed by atoms with Gasteiger partial charge in [0.1, 0.15) is 17.3 Å². The van der Waals surface area contributed by atoms with E-state index in [1.54, 1.807) is 19.1 Å². The van der Waals surface area contributed by atoms with E-state index >= 15 is 0 Å². The van der Waals surface area contributed by atoms with Crippen molar-refractivity contribution in [3.05, 3.63) is 71.2 Å². The molecule has 6 heteroatoms. The number of anilines is 1. The molecular formula is C25H28FNO4. The largest absolute Gasteiger partial charge is 0.494 e. The zero-order chi connectivity index (χ0) is 22.8. The van der Waals surface area contributed by atoms with Crippen molar-refractivity contribution in [2.75, 3.05) is 11.9 Å². The number of halogens is 1. The van der Waals surface area contributed by atoms with E-state index in [1.807, 2.05) is 31.2 Å². The van der Waals surface area contributed by atoms with Crippen LogP contribution in [0.5, 0.6) is 5.75 Å². The van der Waals surface area contributed by atoms with Crippen molar-refractivity contribution in [1.82, 2.24) is 0 Å². The smallest absolute Gasteiger partial charge is 0.158 e. The van der Waals surface area contributed by atoms with E-state index in [2.05, 4.69) is 5.32 Å². The van der Waals surface area contributed by atoms with Crippen LogP contribution in [-0.4, -0.2) is 28.9 Å². The van der Waals surface area contributed by atoms with Crippen molar-refractivity contribution in [3.8, 4) is 5.75 Å². The Kier molecular flexibility index (Phi) is 6.60. The van der Waals surface area contributed by atoms with Gasteiger partial charge in [0.25, 0.3) is 0 Å². The van der Waals surface area contributed by atoms with Gasteiger partial charge in [0, 0.05) is 29.3 Å². The number of ketones is 2. The summed E-state index contributed by atoms with van der Waals surface area (Å²) in [4.78, 5) is 25.4. The van der Waals surface area contributed by atoms with Gasteiger partial charge in [-0.2, -0.15) is 0 Å². The molecule has 0 amide bonds. The molecule has 0 aromatic heterocycles. The fraction of sp³-hybridized carbons (Fsp3) is 0.360. The molecule has 31 heavy (non-hydrogen) atoms. The maximum absolute atomic E-state index is 13.6. The monoisotopic (exact) mass is 425 g/mol. The van der Waals surface area contributed by atoms with E-state index in [-0.39, 0.29) is 18.0 Å². The molecule has 5 nitrogen and oxygen atoms in total. The van der Waals surface area contributed by atoms with Gasteiger partial charge in [-0.1, -0.05) is 12.1 Å². The van der Waals surface area contributed by atoms with Crippen LogP contribution in [0.25, 0.3) is 0 Å². The first-order valence-electron chi connectivity index (χ1n) is 10.4. The number of Topliss-reactive ketones (excluding diaryl/α,β-unsaturated/α-hetero) is 2. The normalized spacial score (nSPS) is 23.4. The highest BCUT2D eigenvalue weighted by Gasteiger charge is 2.49. The summed E-state index contributed by atoms with van der Waals surface area (Å²) in [5.41, 5.74) is 0.919. The van der Waals surface area contributed by atoms with Crippen LogP contribution in [-0.2, 0) is 9.59 Å². The number of ether oxygens (including phenoxy) is 1. The summed E-state index contributed by atoms with van der Waals surface area (Å²) in [5.74, 6) is -1.63. The highest BCUT2D eigenvalue weighted by Crippen LogP contribution is 2.47. The lowest BCUT2D eigenvalue weighted by molar-refractivity contribution is -0.131. The molecular weight excluding hydrogens is 397 g/mol. The number of allylic oxidation sites excluding steroid dienone is 1. The zero-order valence-electron chi connectivity index (χ0n) is 18.2. The Balaban J connectivity index is 2.12. The number of hydrogen-bond acceptors (Lipinski definition) is 5. The van der Waals surface area contributed by atoms with Crippen LogP contribution in [0.15, 0.2) is 59.8 Å². The molecule has 0 radical (unpaired) electrons. The van der Waals surface area contributed by atoms with Gasteiger partial charge in [0.05, 0.1) is 18.1 Å². The van der Waals surface area contributed by atoms with Crippen molar-refractivity contribution in [1.29, 1.82) is 0 Å². The molecule has 3 atom stereocenters. The lowest BCUT2D eigenvalue weighted by atomic mass is 9.64. The van der Waals surface area contributed by atoms with Crippen molar-refractivity contribution < 1.29 is 23.8 Å². The topological polar surface area (TPSA) is 75.6 Å². The van der Waals surface area contributed by atoms with E-state index in [9.17, 15) is 19.1 Å². The van der Waals surface area contributed by atoms with Crippen LogP contribution < -0.4 is 10.1 Å². The first-order valence-corrected chi connectivity index (χ1v) is 10.4. The Morgan fingerprint density at radius 3 is 2.26 bits per heavy atom. The van der Waals surface area contributed by atoms with Gasteiger partial charge < -0.3 is 15.2 Å². The molecule has 2 aromatic rings. The van der Waals surface area contributed by atoms with Crippen LogP contribution in [0.2, 0.25) is 0 Å². The van der Waals surface area contributed by atoms with Crippen LogP contribution in [0.3, 0.4) is 0 Å². The van der Waals surface area contributed by atoms with E-state index in [1.165, 1.54) is 26.0 Å². The van der Waals surface area contributed by atoms with Crippen LogP contribution in [0, 0.1) is 11.7 Å². The highest BCUT2D eigenvalue weighted by atomic mass is 19.1. The average Bonchev–Trinajstić information content (AvgIpc) is 2.68. The molecule has 164 valence electrons. The molecule has 0 saturated heterocycles. The van der Waals surface area contributed by atoms with Gasteiger partial charge >= 0.3 is 0 Å². The van der Waals surface area contributed by atoms with Crippen molar-refractivity contribution in [2.24, 2.45) is 5.92 Å². The van der Waals surface area contributed by atoms with Crippen molar-refractivity contribution in [3.63, 3.8) is 0 Å². The number of rotatable bonds is 7. The molecule has 0 saturated carbocycles. The maximum Gasteiger partial charge on any atom is 0.158 e. The van der Waals surface area contributed by atoms with Gasteiger partial charge in [0.15, 0.2) is 5.78 Å². The minimum atomic E-state index is -1.39. The predicted molar refractivity (Wildman–Crippen MR) is 117 cm³/mol. The lowest BCUT2D eigenvalue weighted by Gasteiger charge is -2.43. The molecule has 0 unspecified atom stereocenters. The first kappa shape index (κ1) is 22.7. The summed E-state index contributed by atoms with van der Waals surface area (Å²) < 4.78 is 19.0. The van der Waals surface area contributed by atoms with Crippen LogP contribution in [0.1, 0.15) is 45.6 Å². The van der Waals surface area contributed by atoms with E-state index in [4.69, 9.17) is 4.74 Å². The molecule has 1 aliphatic carbocycles. The summed E-state index contributed by atoms with van der Waals surface area (Å²) >= 11 is 0. The maximum atomic E-state index is 13.6. The second kappa shape index (κ2) is 9.02. The van der Waals surface area contributed by atoms with Crippen molar-refractivity contribution >= 4 is 17.3 Å². The fourth-order valence-electron chi connectivity index (χ4n) is 4.50. The fourth-order valence-corrected chi connectivity index (χ4v) is 4.50. The second-order valence-corrected chi connectivity index (χ2v) is 8.18. The minimum Gasteiger partial charge on any atom is -0.494 e. The van der Waals surface area contributed by atoms with Gasteiger partial charge in [0.2, 0.25) is 0 Å². The Labute approximate surface area is 181 Å². The summed E-state index contributed by atoms with van der Waals surface area (Å²) in [6.45, 7) is 6.93. The Morgan fingerprint density at radius 2 is 1.74 bits per heavy atom. The van der Waals surface area contributed by atoms with Crippen LogP contribution in [0.4, 0.5) is 10.1 Å². The van der Waals surface area contributed by atoms with E-state index in [0.29, 0.717) is 23.4 Å².